The van der Waals surface area contributed by atoms with Crippen molar-refractivity contribution in [2.24, 2.45) is 5.92 Å². The Bertz CT molecular complexity index is 458. The van der Waals surface area contributed by atoms with E-state index in [2.05, 4.69) is 15.3 Å². The van der Waals surface area contributed by atoms with Crippen molar-refractivity contribution in [3.8, 4) is 5.75 Å². The van der Waals surface area contributed by atoms with E-state index in [9.17, 15) is 9.59 Å². The van der Waals surface area contributed by atoms with Crippen LogP contribution in [0.5, 0.6) is 5.75 Å². The summed E-state index contributed by atoms with van der Waals surface area (Å²) in [7, 11) is 1.38. The lowest BCUT2D eigenvalue weighted by molar-refractivity contribution is -0.138. The molecule has 1 heterocycles. The number of ether oxygens (including phenoxy) is 1. The summed E-state index contributed by atoms with van der Waals surface area (Å²) in [6.07, 6.45) is 2.07. The number of carboxylic acid groups (broad SMARTS) is 1. The van der Waals surface area contributed by atoms with Crippen LogP contribution in [0.15, 0.2) is 11.1 Å². The van der Waals surface area contributed by atoms with Gasteiger partial charge < -0.3 is 20.1 Å². The molecule has 7 heteroatoms. The predicted molar refractivity (Wildman–Crippen MR) is 65.9 cm³/mol. The molecule has 1 aromatic heterocycles. The summed E-state index contributed by atoms with van der Waals surface area (Å²) in [5.74, 6) is -0.435. The lowest BCUT2D eigenvalue weighted by Gasteiger charge is -2.14. The SMILES string of the molecule is CCC(CNc1nc[nH]c(=O)c1OC)CC(=O)O. The number of H-pyrrole nitrogens is 1. The molecular formula is C11H17N3O4. The first-order valence-corrected chi connectivity index (χ1v) is 5.65. The standard InChI is InChI=1S/C11H17N3O4/c1-3-7(4-8(15)16)5-12-10-9(18-2)11(17)14-6-13-10/h6-7H,3-5H2,1-2H3,(H,15,16)(H2,12,13,14,17). The van der Waals surface area contributed by atoms with Crippen molar-refractivity contribution in [2.75, 3.05) is 19.0 Å². The molecule has 0 aromatic carbocycles. The van der Waals surface area contributed by atoms with Crippen LogP contribution in [-0.4, -0.2) is 34.7 Å². The Morgan fingerprint density at radius 1 is 1.67 bits per heavy atom. The molecule has 0 saturated heterocycles. The number of hydrogen-bond donors (Lipinski definition) is 3. The molecule has 7 nitrogen and oxygen atoms in total. The van der Waals surface area contributed by atoms with Crippen molar-refractivity contribution < 1.29 is 14.6 Å². The van der Waals surface area contributed by atoms with Crippen LogP contribution in [0.1, 0.15) is 19.8 Å². The van der Waals surface area contributed by atoms with Crippen molar-refractivity contribution in [3.05, 3.63) is 16.7 Å². The highest BCUT2D eigenvalue weighted by molar-refractivity contribution is 5.67. The first-order chi connectivity index (χ1) is 8.58. The molecule has 18 heavy (non-hydrogen) atoms. The number of hydrogen-bond acceptors (Lipinski definition) is 5. The van der Waals surface area contributed by atoms with Gasteiger partial charge in [-0.15, -0.1) is 0 Å². The van der Waals surface area contributed by atoms with E-state index in [0.29, 0.717) is 12.4 Å². The molecule has 1 unspecified atom stereocenters. The van der Waals surface area contributed by atoms with Crippen molar-refractivity contribution in [1.29, 1.82) is 0 Å². The van der Waals surface area contributed by atoms with E-state index >= 15 is 0 Å². The van der Waals surface area contributed by atoms with Gasteiger partial charge in [0.05, 0.1) is 13.4 Å². The van der Waals surface area contributed by atoms with Crippen LogP contribution in [-0.2, 0) is 4.79 Å². The van der Waals surface area contributed by atoms with Gasteiger partial charge in [-0.2, -0.15) is 0 Å². The van der Waals surface area contributed by atoms with Crippen molar-refractivity contribution in [1.82, 2.24) is 9.97 Å². The highest BCUT2D eigenvalue weighted by Crippen LogP contribution is 2.16. The second-order valence-corrected chi connectivity index (χ2v) is 3.87. The average molecular weight is 255 g/mol. The number of aromatic nitrogens is 2. The van der Waals surface area contributed by atoms with E-state index in [-0.39, 0.29) is 23.6 Å². The third-order valence-electron chi connectivity index (χ3n) is 2.61. The molecule has 0 saturated carbocycles. The minimum absolute atomic E-state index is 0.0201. The van der Waals surface area contributed by atoms with E-state index in [4.69, 9.17) is 9.84 Å². The van der Waals surface area contributed by atoms with Crippen LogP contribution in [0.2, 0.25) is 0 Å². The molecule has 0 aliphatic heterocycles. The zero-order chi connectivity index (χ0) is 13.5. The van der Waals surface area contributed by atoms with Crippen LogP contribution in [0.4, 0.5) is 5.82 Å². The number of carbonyl (C=O) groups is 1. The fraction of sp³-hybridized carbons (Fsp3) is 0.545. The maximum absolute atomic E-state index is 11.4. The first kappa shape index (κ1) is 14.0. The van der Waals surface area contributed by atoms with Gasteiger partial charge >= 0.3 is 5.97 Å². The number of aromatic amines is 1. The number of aliphatic carboxylic acids is 1. The Labute approximate surface area is 104 Å². The number of rotatable bonds is 7. The summed E-state index contributed by atoms with van der Waals surface area (Å²) in [5, 5.41) is 11.7. The molecule has 0 spiro atoms. The molecule has 0 fully saturated rings. The Balaban J connectivity index is 2.70. The lowest BCUT2D eigenvalue weighted by atomic mass is 10.0. The Morgan fingerprint density at radius 3 is 2.94 bits per heavy atom. The van der Waals surface area contributed by atoms with Gasteiger partial charge in [0.1, 0.15) is 0 Å². The summed E-state index contributed by atoms with van der Waals surface area (Å²) in [6.45, 7) is 2.34. The van der Waals surface area contributed by atoms with Crippen LogP contribution >= 0.6 is 0 Å². The summed E-state index contributed by atoms with van der Waals surface area (Å²) < 4.78 is 4.94. The molecule has 0 aliphatic rings. The van der Waals surface area contributed by atoms with Gasteiger partial charge in [0.25, 0.3) is 5.56 Å². The van der Waals surface area contributed by atoms with E-state index in [1.54, 1.807) is 0 Å². The maximum atomic E-state index is 11.4. The van der Waals surface area contributed by atoms with Gasteiger partial charge in [-0.05, 0) is 5.92 Å². The van der Waals surface area contributed by atoms with E-state index < -0.39 is 5.97 Å². The summed E-state index contributed by atoms with van der Waals surface area (Å²) in [4.78, 5) is 28.4. The van der Waals surface area contributed by atoms with Gasteiger partial charge in [0.15, 0.2) is 5.82 Å². The Hall–Kier alpha value is -2.05. The van der Waals surface area contributed by atoms with E-state index in [1.807, 2.05) is 6.92 Å². The quantitative estimate of drug-likeness (QED) is 0.662. The summed E-state index contributed by atoms with van der Waals surface area (Å²) in [5.41, 5.74) is -0.374. The Morgan fingerprint density at radius 2 is 2.39 bits per heavy atom. The number of anilines is 1. The smallest absolute Gasteiger partial charge is 0.303 e. The fourth-order valence-corrected chi connectivity index (χ4v) is 1.55. The number of nitrogens with one attached hydrogen (secondary N) is 2. The predicted octanol–water partition coefficient (Wildman–Crippen LogP) is 0.691. The summed E-state index contributed by atoms with van der Waals surface area (Å²) >= 11 is 0. The average Bonchev–Trinajstić information content (AvgIpc) is 2.34. The molecular weight excluding hydrogens is 238 g/mol. The van der Waals surface area contributed by atoms with Crippen LogP contribution in [0, 0.1) is 5.92 Å². The van der Waals surface area contributed by atoms with Crippen LogP contribution in [0.25, 0.3) is 0 Å². The second-order valence-electron chi connectivity index (χ2n) is 3.87. The van der Waals surface area contributed by atoms with Gasteiger partial charge in [-0.3, -0.25) is 9.59 Å². The normalized spacial score (nSPS) is 11.9. The van der Waals surface area contributed by atoms with Crippen molar-refractivity contribution in [3.63, 3.8) is 0 Å². The molecule has 3 N–H and O–H groups in total. The van der Waals surface area contributed by atoms with Gasteiger partial charge in [0.2, 0.25) is 5.75 Å². The minimum Gasteiger partial charge on any atom is -0.489 e. The molecule has 0 bridgehead atoms. The van der Waals surface area contributed by atoms with Gasteiger partial charge in [-0.25, -0.2) is 4.98 Å². The third kappa shape index (κ3) is 3.76. The third-order valence-corrected chi connectivity index (χ3v) is 2.61. The van der Waals surface area contributed by atoms with Gasteiger partial charge in [0, 0.05) is 13.0 Å². The number of methoxy groups -OCH3 is 1. The molecule has 0 radical (unpaired) electrons. The number of nitrogens with zero attached hydrogens (tertiary/aromatic N) is 1. The van der Waals surface area contributed by atoms with Crippen molar-refractivity contribution >= 4 is 11.8 Å². The lowest BCUT2D eigenvalue weighted by Crippen LogP contribution is -2.20. The fourth-order valence-electron chi connectivity index (χ4n) is 1.55. The van der Waals surface area contributed by atoms with Gasteiger partial charge in [-0.1, -0.05) is 13.3 Å². The summed E-state index contributed by atoms with van der Waals surface area (Å²) in [6, 6.07) is 0. The number of carboxylic acids is 1. The molecule has 1 rings (SSSR count). The van der Waals surface area contributed by atoms with Crippen LogP contribution < -0.4 is 15.6 Å². The largest absolute Gasteiger partial charge is 0.489 e. The zero-order valence-corrected chi connectivity index (χ0v) is 10.4. The molecule has 100 valence electrons. The molecule has 1 aromatic rings. The molecule has 0 aliphatic carbocycles. The first-order valence-electron chi connectivity index (χ1n) is 5.65. The Kier molecular flexibility index (Phi) is 5.16. The van der Waals surface area contributed by atoms with E-state index in [0.717, 1.165) is 6.42 Å². The highest BCUT2D eigenvalue weighted by Gasteiger charge is 2.13. The van der Waals surface area contributed by atoms with Crippen molar-refractivity contribution in [2.45, 2.75) is 19.8 Å². The molecule has 1 atom stereocenters. The monoisotopic (exact) mass is 255 g/mol. The van der Waals surface area contributed by atoms with Crippen LogP contribution in [0.3, 0.4) is 0 Å². The minimum atomic E-state index is -0.838. The van der Waals surface area contributed by atoms with E-state index in [1.165, 1.54) is 13.4 Å². The topological polar surface area (TPSA) is 104 Å². The molecule has 0 amide bonds. The zero-order valence-electron chi connectivity index (χ0n) is 10.4. The second kappa shape index (κ2) is 6.63. The maximum Gasteiger partial charge on any atom is 0.303 e. The highest BCUT2D eigenvalue weighted by atomic mass is 16.5.